The first kappa shape index (κ1) is 14.9. The monoisotopic (exact) mass is 275 g/mol. The second kappa shape index (κ2) is 7.29. The summed E-state index contributed by atoms with van der Waals surface area (Å²) < 4.78 is 0. The minimum Gasteiger partial charge on any atom is -0.362 e. The largest absolute Gasteiger partial charge is 0.362 e. The Morgan fingerprint density at radius 3 is 3.00 bits per heavy atom. The fourth-order valence-corrected chi connectivity index (χ4v) is 2.60. The molecule has 1 aliphatic rings. The van der Waals surface area contributed by atoms with E-state index in [4.69, 9.17) is 0 Å². The third-order valence-electron chi connectivity index (χ3n) is 3.62. The summed E-state index contributed by atoms with van der Waals surface area (Å²) in [7, 11) is 0. The minimum absolute atomic E-state index is 0.121. The molecule has 0 atom stereocenters. The summed E-state index contributed by atoms with van der Waals surface area (Å²) in [6.45, 7) is 8.45. The van der Waals surface area contributed by atoms with Crippen molar-refractivity contribution in [3.05, 3.63) is 29.3 Å². The Hall–Kier alpha value is -1.55. The third kappa shape index (κ3) is 3.97. The van der Waals surface area contributed by atoms with Crippen molar-refractivity contribution in [2.45, 2.75) is 33.2 Å². The maximum atomic E-state index is 11.7. The van der Waals surface area contributed by atoms with Gasteiger partial charge < -0.3 is 15.5 Å². The highest BCUT2D eigenvalue weighted by molar-refractivity contribution is 5.82. The molecule has 110 valence electrons. The van der Waals surface area contributed by atoms with Gasteiger partial charge in [0.1, 0.15) is 0 Å². The van der Waals surface area contributed by atoms with Crippen LogP contribution in [0.15, 0.2) is 18.2 Å². The van der Waals surface area contributed by atoms with Crippen LogP contribution in [0.3, 0.4) is 0 Å². The molecule has 0 aliphatic carbocycles. The van der Waals surface area contributed by atoms with Crippen LogP contribution in [-0.2, 0) is 11.3 Å². The van der Waals surface area contributed by atoms with E-state index in [0.29, 0.717) is 6.54 Å². The van der Waals surface area contributed by atoms with Gasteiger partial charge in [-0.15, -0.1) is 0 Å². The van der Waals surface area contributed by atoms with Gasteiger partial charge in [0.05, 0.1) is 6.54 Å². The molecule has 4 nitrogen and oxygen atoms in total. The van der Waals surface area contributed by atoms with Crippen molar-refractivity contribution < 1.29 is 4.79 Å². The molecule has 1 aromatic carbocycles. The highest BCUT2D eigenvalue weighted by atomic mass is 16.2. The van der Waals surface area contributed by atoms with Gasteiger partial charge in [-0.05, 0) is 43.5 Å². The summed E-state index contributed by atoms with van der Waals surface area (Å²) in [5.74, 6) is 0.121. The smallest absolute Gasteiger partial charge is 0.239 e. The van der Waals surface area contributed by atoms with E-state index in [9.17, 15) is 4.79 Å². The van der Waals surface area contributed by atoms with Gasteiger partial charge in [-0.2, -0.15) is 0 Å². The van der Waals surface area contributed by atoms with Crippen molar-refractivity contribution in [3.63, 3.8) is 0 Å². The SMILES string of the molecule is CCCNCc1ccc(N2CCCNC(=O)C2)c(C)c1. The first-order valence-electron chi connectivity index (χ1n) is 7.52. The summed E-state index contributed by atoms with van der Waals surface area (Å²) in [5.41, 5.74) is 3.73. The van der Waals surface area contributed by atoms with Crippen molar-refractivity contribution in [3.8, 4) is 0 Å². The van der Waals surface area contributed by atoms with Crippen molar-refractivity contribution >= 4 is 11.6 Å². The zero-order valence-corrected chi connectivity index (χ0v) is 12.5. The van der Waals surface area contributed by atoms with Gasteiger partial charge in [-0.3, -0.25) is 4.79 Å². The van der Waals surface area contributed by atoms with Crippen molar-refractivity contribution in [2.24, 2.45) is 0 Å². The number of nitrogens with one attached hydrogen (secondary N) is 2. The van der Waals surface area contributed by atoms with E-state index < -0.39 is 0 Å². The lowest BCUT2D eigenvalue weighted by molar-refractivity contribution is -0.119. The Kier molecular flexibility index (Phi) is 5.41. The van der Waals surface area contributed by atoms with E-state index in [1.807, 2.05) is 0 Å². The molecule has 1 heterocycles. The number of hydrogen-bond acceptors (Lipinski definition) is 3. The van der Waals surface area contributed by atoms with Gasteiger partial charge in [-0.1, -0.05) is 19.1 Å². The zero-order valence-electron chi connectivity index (χ0n) is 12.5. The molecule has 0 bridgehead atoms. The Morgan fingerprint density at radius 2 is 2.25 bits per heavy atom. The first-order chi connectivity index (χ1) is 9.70. The molecule has 0 saturated carbocycles. The van der Waals surface area contributed by atoms with Crippen LogP contribution in [-0.4, -0.2) is 32.1 Å². The average molecular weight is 275 g/mol. The number of hydrogen-bond donors (Lipinski definition) is 2. The number of anilines is 1. The standard InChI is InChI=1S/C16H25N3O/c1-3-7-17-11-14-5-6-15(13(2)10-14)19-9-4-8-18-16(20)12-19/h5-6,10,17H,3-4,7-9,11-12H2,1-2H3,(H,18,20). The van der Waals surface area contributed by atoms with E-state index >= 15 is 0 Å². The Bertz CT molecular complexity index is 459. The Morgan fingerprint density at radius 1 is 1.40 bits per heavy atom. The van der Waals surface area contributed by atoms with Crippen molar-refractivity contribution in [1.82, 2.24) is 10.6 Å². The summed E-state index contributed by atoms with van der Waals surface area (Å²) in [6, 6.07) is 6.53. The normalized spacial score (nSPS) is 15.9. The van der Waals surface area contributed by atoms with Crippen molar-refractivity contribution in [2.75, 3.05) is 31.1 Å². The average Bonchev–Trinajstić information content (AvgIpc) is 2.64. The molecule has 0 aromatic heterocycles. The predicted octanol–water partition coefficient (Wildman–Crippen LogP) is 1.82. The topological polar surface area (TPSA) is 44.4 Å². The van der Waals surface area contributed by atoms with E-state index in [1.165, 1.54) is 16.8 Å². The molecule has 0 radical (unpaired) electrons. The van der Waals surface area contributed by atoms with E-state index in [2.05, 4.69) is 47.6 Å². The second-order valence-corrected chi connectivity index (χ2v) is 5.42. The molecule has 2 N–H and O–H groups in total. The Labute approximate surface area is 121 Å². The summed E-state index contributed by atoms with van der Waals surface area (Å²) in [4.78, 5) is 13.8. The van der Waals surface area contributed by atoms with E-state index in [1.54, 1.807) is 0 Å². The minimum atomic E-state index is 0.121. The molecule has 1 saturated heterocycles. The van der Waals surface area contributed by atoms with E-state index in [-0.39, 0.29) is 5.91 Å². The maximum absolute atomic E-state index is 11.7. The van der Waals surface area contributed by atoms with Crippen LogP contribution in [0.25, 0.3) is 0 Å². The first-order valence-corrected chi connectivity index (χ1v) is 7.52. The summed E-state index contributed by atoms with van der Waals surface area (Å²) in [6.07, 6.45) is 2.16. The Balaban J connectivity index is 2.06. The van der Waals surface area contributed by atoms with Gasteiger partial charge in [0, 0.05) is 25.3 Å². The molecule has 20 heavy (non-hydrogen) atoms. The van der Waals surface area contributed by atoms with Crippen LogP contribution in [0, 0.1) is 6.92 Å². The van der Waals surface area contributed by atoms with Gasteiger partial charge >= 0.3 is 0 Å². The highest BCUT2D eigenvalue weighted by Gasteiger charge is 2.16. The molecule has 4 heteroatoms. The molecule has 1 aromatic rings. The van der Waals surface area contributed by atoms with Crippen LogP contribution in [0.5, 0.6) is 0 Å². The molecule has 1 aliphatic heterocycles. The molecular formula is C16H25N3O. The molecule has 1 fully saturated rings. The predicted molar refractivity (Wildman–Crippen MR) is 83.0 cm³/mol. The van der Waals surface area contributed by atoms with Gasteiger partial charge in [0.2, 0.25) is 5.91 Å². The number of benzene rings is 1. The molecular weight excluding hydrogens is 250 g/mol. The quantitative estimate of drug-likeness (QED) is 0.806. The van der Waals surface area contributed by atoms with Crippen LogP contribution in [0.1, 0.15) is 30.9 Å². The molecule has 0 spiro atoms. The fourth-order valence-electron chi connectivity index (χ4n) is 2.60. The number of nitrogens with zero attached hydrogens (tertiary/aromatic N) is 1. The lowest BCUT2D eigenvalue weighted by Crippen LogP contribution is -2.33. The third-order valence-corrected chi connectivity index (χ3v) is 3.62. The number of rotatable bonds is 5. The number of carbonyl (C=O) groups excluding carboxylic acids is 1. The highest BCUT2D eigenvalue weighted by Crippen LogP contribution is 2.22. The number of aryl methyl sites for hydroxylation is 1. The zero-order chi connectivity index (χ0) is 14.4. The van der Waals surface area contributed by atoms with Gasteiger partial charge in [0.15, 0.2) is 0 Å². The maximum Gasteiger partial charge on any atom is 0.239 e. The molecule has 0 unspecified atom stereocenters. The van der Waals surface area contributed by atoms with E-state index in [0.717, 1.165) is 39.0 Å². The molecule has 1 amide bonds. The second-order valence-electron chi connectivity index (χ2n) is 5.42. The number of amides is 1. The van der Waals surface area contributed by atoms with Crippen LogP contribution >= 0.6 is 0 Å². The van der Waals surface area contributed by atoms with Crippen LogP contribution < -0.4 is 15.5 Å². The lowest BCUT2D eigenvalue weighted by atomic mass is 10.1. The van der Waals surface area contributed by atoms with Crippen LogP contribution in [0.2, 0.25) is 0 Å². The lowest BCUT2D eigenvalue weighted by Gasteiger charge is -2.23. The fraction of sp³-hybridized carbons (Fsp3) is 0.562. The van der Waals surface area contributed by atoms with Crippen LogP contribution in [0.4, 0.5) is 5.69 Å². The summed E-state index contributed by atoms with van der Waals surface area (Å²) >= 11 is 0. The summed E-state index contributed by atoms with van der Waals surface area (Å²) in [5, 5.41) is 6.34. The number of carbonyl (C=O) groups is 1. The van der Waals surface area contributed by atoms with Gasteiger partial charge in [0.25, 0.3) is 0 Å². The van der Waals surface area contributed by atoms with Crippen molar-refractivity contribution in [1.29, 1.82) is 0 Å². The molecule has 2 rings (SSSR count). The van der Waals surface area contributed by atoms with Gasteiger partial charge in [-0.25, -0.2) is 0 Å².